The first-order valence-electron chi connectivity index (χ1n) is 12.6. The molecule has 3 heterocycles. The van der Waals surface area contributed by atoms with E-state index in [9.17, 15) is 32.0 Å². The number of carbonyl (C=O) groups is 3. The molecule has 3 amide bonds. The van der Waals surface area contributed by atoms with Crippen LogP contribution in [-0.4, -0.2) is 36.0 Å². The summed E-state index contributed by atoms with van der Waals surface area (Å²) in [6.45, 7) is -0.402. The lowest BCUT2D eigenvalue weighted by Gasteiger charge is -2.30. The van der Waals surface area contributed by atoms with Crippen LogP contribution in [0, 0.1) is 11.7 Å². The van der Waals surface area contributed by atoms with Crippen LogP contribution in [0.3, 0.4) is 0 Å². The number of hydrogen-bond acceptors (Lipinski definition) is 8. The van der Waals surface area contributed by atoms with Crippen LogP contribution in [0.1, 0.15) is 16.4 Å². The van der Waals surface area contributed by atoms with Gasteiger partial charge >= 0.3 is 4.87 Å². The number of halogens is 2. The maximum absolute atomic E-state index is 13.9. The molecule has 3 N–H and O–H groups in total. The van der Waals surface area contributed by atoms with E-state index in [1.165, 1.54) is 53.1 Å². The van der Waals surface area contributed by atoms with Crippen LogP contribution in [0.5, 0.6) is 0 Å². The average molecular weight is 704 g/mol. The summed E-state index contributed by atoms with van der Waals surface area (Å²) in [6.07, 6.45) is 0. The summed E-state index contributed by atoms with van der Waals surface area (Å²) in [7, 11) is -3.91. The summed E-state index contributed by atoms with van der Waals surface area (Å²) in [5.41, 5.74) is 1.25. The Morgan fingerprint density at radius 3 is 2.23 bits per heavy atom. The van der Waals surface area contributed by atoms with Gasteiger partial charge in [-0.05, 0) is 66.2 Å². The van der Waals surface area contributed by atoms with Gasteiger partial charge in [0.15, 0.2) is 0 Å². The summed E-state index contributed by atoms with van der Waals surface area (Å²) in [5.74, 6) is -3.53. The van der Waals surface area contributed by atoms with Gasteiger partial charge in [-0.15, -0.1) is 0 Å². The van der Waals surface area contributed by atoms with Crippen LogP contribution >= 0.6 is 39.0 Å². The SMILES string of the molecule is NS(=O)(=O)c1ccc(NC(=O)Cn2c3c(sc2=O)[C@@H](c2ccc(F)cc2)[C@H]2C(=O)N(c4ccc(Br)cc4)C(=O)[C@H]2S3)cc1. The molecule has 0 unspecified atom stereocenters. The number of amides is 3. The van der Waals surface area contributed by atoms with Crippen molar-refractivity contribution >= 4 is 78.1 Å². The molecule has 6 rings (SSSR count). The van der Waals surface area contributed by atoms with Gasteiger partial charge in [0.1, 0.15) is 17.6 Å². The lowest BCUT2D eigenvalue weighted by Crippen LogP contribution is -2.33. The summed E-state index contributed by atoms with van der Waals surface area (Å²) in [5, 5.41) is 7.23. The molecule has 1 saturated heterocycles. The molecule has 0 radical (unpaired) electrons. The predicted molar refractivity (Wildman–Crippen MR) is 163 cm³/mol. The molecular weight excluding hydrogens is 683 g/mol. The van der Waals surface area contributed by atoms with Crippen LogP contribution in [0.15, 0.2) is 92.0 Å². The molecule has 4 aromatic rings. The maximum atomic E-state index is 13.9. The van der Waals surface area contributed by atoms with E-state index >= 15 is 0 Å². The van der Waals surface area contributed by atoms with Gasteiger partial charge in [0.2, 0.25) is 27.7 Å². The molecule has 1 aromatic heterocycles. The number of rotatable bonds is 6. The number of aromatic nitrogens is 1. The zero-order valence-corrected chi connectivity index (χ0v) is 25.8. The number of anilines is 2. The molecule has 10 nitrogen and oxygen atoms in total. The van der Waals surface area contributed by atoms with E-state index < -0.39 is 62.1 Å². The first-order valence-corrected chi connectivity index (χ1v) is 16.7. The minimum absolute atomic E-state index is 0.126. The Hall–Kier alpha value is -3.63. The number of hydrogen-bond donors (Lipinski definition) is 2. The molecular formula is C28H20BrFN4O6S3. The zero-order valence-electron chi connectivity index (χ0n) is 21.8. The smallest absolute Gasteiger partial charge is 0.308 e. The van der Waals surface area contributed by atoms with Crippen molar-refractivity contribution in [3.8, 4) is 0 Å². The molecule has 3 atom stereocenters. The van der Waals surface area contributed by atoms with E-state index in [1.807, 2.05) is 0 Å². The highest BCUT2D eigenvalue weighted by Crippen LogP contribution is 2.53. The predicted octanol–water partition coefficient (Wildman–Crippen LogP) is 3.89. The van der Waals surface area contributed by atoms with E-state index in [0.29, 0.717) is 21.2 Å². The fraction of sp³-hybridized carbons (Fsp3) is 0.143. The highest BCUT2D eigenvalue weighted by Gasteiger charge is 2.56. The lowest BCUT2D eigenvalue weighted by atomic mass is 9.83. The van der Waals surface area contributed by atoms with Gasteiger partial charge < -0.3 is 5.32 Å². The van der Waals surface area contributed by atoms with Crippen molar-refractivity contribution in [3.05, 3.63) is 103 Å². The highest BCUT2D eigenvalue weighted by molar-refractivity contribution is 9.10. The topological polar surface area (TPSA) is 149 Å². The Kier molecular flexibility index (Phi) is 7.62. The third kappa shape index (κ3) is 5.47. The normalized spacial score (nSPS) is 19.7. The fourth-order valence-electron chi connectivity index (χ4n) is 5.20. The number of imide groups is 1. The number of benzene rings is 3. The van der Waals surface area contributed by atoms with Crippen molar-refractivity contribution in [1.29, 1.82) is 0 Å². The molecule has 2 aliphatic rings. The molecule has 0 aliphatic carbocycles. The minimum atomic E-state index is -3.91. The van der Waals surface area contributed by atoms with Crippen molar-refractivity contribution in [3.63, 3.8) is 0 Å². The first-order chi connectivity index (χ1) is 20.4. The third-order valence-electron chi connectivity index (χ3n) is 7.13. The summed E-state index contributed by atoms with van der Waals surface area (Å²) < 4.78 is 38.9. The summed E-state index contributed by atoms with van der Waals surface area (Å²) in [4.78, 5) is 54.9. The number of nitrogens with zero attached hydrogens (tertiary/aromatic N) is 2. The number of thioether (sulfide) groups is 1. The fourth-order valence-corrected chi connectivity index (χ4v) is 8.75. The second-order valence-electron chi connectivity index (χ2n) is 9.82. The number of carbonyl (C=O) groups excluding carboxylic acids is 3. The van der Waals surface area contributed by atoms with Crippen LogP contribution in [-0.2, 0) is 31.0 Å². The summed E-state index contributed by atoms with van der Waals surface area (Å²) >= 11 is 5.29. The van der Waals surface area contributed by atoms with Gasteiger partial charge in [-0.3, -0.25) is 23.7 Å². The maximum Gasteiger partial charge on any atom is 0.308 e. The second-order valence-corrected chi connectivity index (χ2v) is 14.4. The van der Waals surface area contributed by atoms with Crippen molar-refractivity contribution in [2.24, 2.45) is 11.1 Å². The van der Waals surface area contributed by atoms with Crippen molar-refractivity contribution < 1.29 is 27.2 Å². The van der Waals surface area contributed by atoms with Gasteiger partial charge in [0, 0.05) is 21.0 Å². The van der Waals surface area contributed by atoms with Crippen LogP contribution < -0.4 is 20.2 Å². The second kappa shape index (κ2) is 11.1. The van der Waals surface area contributed by atoms with Gasteiger partial charge in [-0.25, -0.2) is 22.8 Å². The number of thiazole rings is 1. The Labute approximate surface area is 260 Å². The molecule has 0 spiro atoms. The molecule has 0 bridgehead atoms. The Bertz CT molecular complexity index is 1940. The van der Waals surface area contributed by atoms with Crippen molar-refractivity contribution in [2.75, 3.05) is 10.2 Å². The van der Waals surface area contributed by atoms with Gasteiger partial charge in [0.25, 0.3) is 0 Å². The number of fused-ring (bicyclic) bond motifs is 2. The standard InChI is InChI=1S/C28H20BrFN4O6S3/c29-15-3-9-18(10-4-15)34-25(36)22-21(14-1-5-16(30)6-2-14)24-27(41-23(22)26(34)37)33(28(38)42-24)13-20(35)32-17-7-11-19(12-8-17)43(31,39)40/h1-12,21-23H,13H2,(H,32,35)(H2,31,39,40)/t21-,22+,23-/m0/s1. The van der Waals surface area contributed by atoms with E-state index in [1.54, 1.807) is 24.3 Å². The first kappa shape index (κ1) is 29.4. The largest absolute Gasteiger partial charge is 0.325 e. The highest BCUT2D eigenvalue weighted by atomic mass is 79.9. The Morgan fingerprint density at radius 1 is 0.953 bits per heavy atom. The van der Waals surface area contributed by atoms with E-state index in [0.717, 1.165) is 32.5 Å². The van der Waals surface area contributed by atoms with E-state index in [4.69, 9.17) is 5.14 Å². The lowest BCUT2D eigenvalue weighted by molar-refractivity contribution is -0.122. The van der Waals surface area contributed by atoms with Crippen molar-refractivity contribution in [1.82, 2.24) is 4.57 Å². The molecule has 3 aromatic carbocycles. The van der Waals surface area contributed by atoms with Crippen LogP contribution in [0.4, 0.5) is 15.8 Å². The minimum Gasteiger partial charge on any atom is -0.325 e. The van der Waals surface area contributed by atoms with Crippen LogP contribution in [0.25, 0.3) is 0 Å². The summed E-state index contributed by atoms with van der Waals surface area (Å²) in [6, 6.07) is 17.5. The van der Waals surface area contributed by atoms with Gasteiger partial charge in [-0.2, -0.15) is 0 Å². The molecule has 2 aliphatic heterocycles. The third-order valence-corrected chi connectivity index (χ3v) is 11.2. The Balaban J connectivity index is 1.36. The number of sulfonamides is 1. The Morgan fingerprint density at radius 2 is 1.60 bits per heavy atom. The van der Waals surface area contributed by atoms with Crippen LogP contribution in [0.2, 0.25) is 0 Å². The molecule has 220 valence electrons. The molecule has 43 heavy (non-hydrogen) atoms. The monoisotopic (exact) mass is 702 g/mol. The molecule has 15 heteroatoms. The van der Waals surface area contributed by atoms with E-state index in [2.05, 4.69) is 21.2 Å². The number of nitrogens with two attached hydrogens (primary N) is 1. The average Bonchev–Trinajstić information content (AvgIpc) is 3.40. The van der Waals surface area contributed by atoms with Gasteiger partial charge in [0.05, 0.1) is 21.5 Å². The number of primary sulfonamides is 1. The van der Waals surface area contributed by atoms with Crippen molar-refractivity contribution in [2.45, 2.75) is 27.6 Å². The number of nitrogens with one attached hydrogen (secondary N) is 1. The molecule has 0 saturated carbocycles. The molecule has 1 fully saturated rings. The zero-order chi connectivity index (χ0) is 30.6. The quantitative estimate of drug-likeness (QED) is 0.290. The van der Waals surface area contributed by atoms with Gasteiger partial charge in [-0.1, -0.05) is 51.2 Å². The van der Waals surface area contributed by atoms with E-state index in [-0.39, 0.29) is 10.6 Å².